The predicted molar refractivity (Wildman–Crippen MR) is 86.7 cm³/mol. The van der Waals surface area contributed by atoms with Crippen LogP contribution in [0.5, 0.6) is 0 Å². The quantitative estimate of drug-likeness (QED) is 0.607. The minimum atomic E-state index is 0.362. The highest BCUT2D eigenvalue weighted by Crippen LogP contribution is 2.35. The van der Waals surface area contributed by atoms with E-state index in [0.717, 1.165) is 0 Å². The van der Waals surface area contributed by atoms with Crippen molar-refractivity contribution in [1.82, 2.24) is 0 Å². The first kappa shape index (κ1) is 11.2. The topological polar surface area (TPSA) is 0 Å². The molecule has 0 spiro atoms. The van der Waals surface area contributed by atoms with Gasteiger partial charge in [-0.15, -0.1) is 44.5 Å². The Hall–Kier alpha value is 0.1000. The van der Waals surface area contributed by atoms with Gasteiger partial charge in [-0.3, -0.25) is 0 Å². The van der Waals surface area contributed by atoms with Gasteiger partial charge in [0.15, 0.2) is 0 Å². The summed E-state index contributed by atoms with van der Waals surface area (Å²) >= 11 is 3.85. The molecule has 2 heterocycles. The lowest BCUT2D eigenvalue weighted by molar-refractivity contribution is 2.08. The Labute approximate surface area is 110 Å². The summed E-state index contributed by atoms with van der Waals surface area (Å²) in [7, 11) is 0.724. The highest BCUT2D eigenvalue weighted by molar-refractivity contribution is 8.31. The third kappa shape index (κ3) is 2.35. The average Bonchev–Trinajstić information content (AvgIpc) is 3.03. The number of hydrogen-bond acceptors (Lipinski definition) is 2. The molecule has 3 rings (SSSR count). The molecule has 84 valence electrons. The van der Waals surface area contributed by atoms with E-state index in [1.54, 1.807) is 0 Å². The summed E-state index contributed by atoms with van der Waals surface area (Å²) in [6.07, 6.45) is 9.27. The van der Waals surface area contributed by atoms with E-state index in [-0.39, 0.29) is 0 Å². The van der Waals surface area contributed by atoms with E-state index in [2.05, 4.69) is 45.9 Å². The number of thioether (sulfide) groups is 2. The van der Waals surface area contributed by atoms with E-state index in [9.17, 15) is 0 Å². The van der Waals surface area contributed by atoms with Crippen LogP contribution >= 0.6 is 44.5 Å². The summed E-state index contributed by atoms with van der Waals surface area (Å²) in [5.74, 6) is 0. The lowest BCUT2D eigenvalue weighted by atomic mass is 10.2. The molecule has 0 N–H and O–H groups in total. The van der Waals surface area contributed by atoms with Crippen LogP contribution in [-0.4, -0.2) is 19.9 Å². The number of allylic oxidation sites excluding steroid dienone is 4. The molecule has 0 saturated heterocycles. The summed E-state index contributed by atoms with van der Waals surface area (Å²) in [5, 5.41) is 11.6. The van der Waals surface area contributed by atoms with Crippen LogP contribution in [0.3, 0.4) is 0 Å². The lowest BCUT2D eigenvalue weighted by Crippen LogP contribution is -2.00. The van der Waals surface area contributed by atoms with Gasteiger partial charge in [0.25, 0.3) is 0 Å². The van der Waals surface area contributed by atoms with Crippen molar-refractivity contribution in [2.45, 2.75) is 0 Å². The molecule has 0 aromatic carbocycles. The average molecular weight is 284 g/mol. The van der Waals surface area contributed by atoms with E-state index in [0.29, 0.717) is 21.0 Å². The zero-order valence-corrected chi connectivity index (χ0v) is 11.9. The second-order valence-electron chi connectivity index (χ2n) is 3.44. The second-order valence-corrected chi connectivity index (χ2v) is 9.74. The molecular formula is C12H12S4. The van der Waals surface area contributed by atoms with Gasteiger partial charge < -0.3 is 0 Å². The summed E-state index contributed by atoms with van der Waals surface area (Å²) < 4.78 is 0. The molecule has 3 aliphatic rings. The maximum atomic E-state index is 2.34. The molecule has 0 fully saturated rings. The van der Waals surface area contributed by atoms with Crippen molar-refractivity contribution < 1.29 is 0 Å². The van der Waals surface area contributed by atoms with E-state index in [4.69, 9.17) is 0 Å². The van der Waals surface area contributed by atoms with Gasteiger partial charge in [-0.05, 0) is 45.9 Å². The molecule has 0 aromatic rings. The Balaban J connectivity index is 1.89. The van der Waals surface area contributed by atoms with E-state index in [1.807, 2.05) is 23.5 Å². The predicted octanol–water partition coefficient (Wildman–Crippen LogP) is 4.35. The standard InChI is InChI=1S/C12H12S4/c1-2-12(16-8-6-14-10-16)4-3-11(1)15-7-5-13-9-15/h1-8H,9-10H2. The third-order valence-electron chi connectivity index (χ3n) is 2.45. The minimum absolute atomic E-state index is 0.362. The van der Waals surface area contributed by atoms with Gasteiger partial charge in [0.1, 0.15) is 0 Å². The molecule has 4 heteroatoms. The van der Waals surface area contributed by atoms with E-state index < -0.39 is 0 Å². The minimum Gasteiger partial charge on any atom is -0.144 e. The van der Waals surface area contributed by atoms with Gasteiger partial charge in [-0.2, -0.15) is 0 Å². The van der Waals surface area contributed by atoms with Crippen LogP contribution in [0, 0.1) is 0 Å². The number of rotatable bonds is 0. The lowest BCUT2D eigenvalue weighted by Gasteiger charge is -2.09. The van der Waals surface area contributed by atoms with Gasteiger partial charge in [0, 0.05) is 19.9 Å². The van der Waals surface area contributed by atoms with Crippen molar-refractivity contribution in [3.05, 3.63) is 45.9 Å². The van der Waals surface area contributed by atoms with Gasteiger partial charge in [0.2, 0.25) is 0 Å². The number of hydrogen-bond donors (Lipinski definition) is 0. The van der Waals surface area contributed by atoms with E-state index >= 15 is 0 Å². The summed E-state index contributed by atoms with van der Waals surface area (Å²) in [5.41, 5.74) is 0. The molecular weight excluding hydrogens is 272 g/mol. The maximum Gasteiger partial charge on any atom is 0.0427 e. The zero-order valence-electron chi connectivity index (χ0n) is 8.67. The first-order chi connectivity index (χ1) is 7.93. The van der Waals surface area contributed by atoms with Crippen LogP contribution in [0.1, 0.15) is 0 Å². The fourth-order valence-corrected chi connectivity index (χ4v) is 8.10. The molecule has 1 aliphatic carbocycles. The van der Waals surface area contributed by atoms with E-state index in [1.165, 1.54) is 19.9 Å². The summed E-state index contributed by atoms with van der Waals surface area (Å²) in [6.45, 7) is 0. The molecule has 0 amide bonds. The Morgan fingerprint density at radius 2 is 1.19 bits per heavy atom. The third-order valence-corrected chi connectivity index (χ3v) is 9.26. The molecule has 0 nitrogen and oxygen atoms in total. The van der Waals surface area contributed by atoms with Crippen molar-refractivity contribution in [1.29, 1.82) is 0 Å². The second kappa shape index (κ2) is 5.17. The Kier molecular flexibility index (Phi) is 3.62. The van der Waals surface area contributed by atoms with Gasteiger partial charge in [-0.25, -0.2) is 0 Å². The van der Waals surface area contributed by atoms with Crippen molar-refractivity contribution in [2.24, 2.45) is 0 Å². The molecule has 0 aromatic heterocycles. The van der Waals surface area contributed by atoms with Crippen molar-refractivity contribution >= 4 is 54.2 Å². The van der Waals surface area contributed by atoms with Gasteiger partial charge in [-0.1, -0.05) is 0 Å². The smallest absolute Gasteiger partial charge is 0.0427 e. The monoisotopic (exact) mass is 284 g/mol. The Bertz CT molecular complexity index is 427. The summed E-state index contributed by atoms with van der Waals surface area (Å²) in [6, 6.07) is 0. The van der Waals surface area contributed by atoms with Crippen molar-refractivity contribution in [3.63, 3.8) is 0 Å². The molecule has 0 bridgehead atoms. The molecule has 16 heavy (non-hydrogen) atoms. The molecule has 0 radical (unpaired) electrons. The van der Waals surface area contributed by atoms with Crippen molar-refractivity contribution in [2.75, 3.05) is 10.2 Å². The van der Waals surface area contributed by atoms with Crippen LogP contribution in [0.15, 0.2) is 45.9 Å². The highest BCUT2D eigenvalue weighted by Gasteiger charge is 2.08. The Morgan fingerprint density at radius 1 is 0.750 bits per heavy atom. The van der Waals surface area contributed by atoms with Crippen molar-refractivity contribution in [3.8, 4) is 0 Å². The normalized spacial score (nSPS) is 32.0. The molecule has 2 unspecified atom stereocenters. The van der Waals surface area contributed by atoms with Crippen LogP contribution in [0.2, 0.25) is 0 Å². The molecule has 2 atom stereocenters. The van der Waals surface area contributed by atoms with Crippen LogP contribution in [0.25, 0.3) is 0 Å². The zero-order chi connectivity index (χ0) is 10.8. The fourth-order valence-electron chi connectivity index (χ4n) is 1.60. The highest BCUT2D eigenvalue weighted by atomic mass is 32.2. The van der Waals surface area contributed by atoms with Gasteiger partial charge in [0.05, 0.1) is 0 Å². The van der Waals surface area contributed by atoms with Crippen LogP contribution < -0.4 is 0 Å². The maximum absolute atomic E-state index is 2.34. The summed E-state index contributed by atoms with van der Waals surface area (Å²) in [4.78, 5) is 2.98. The molecule has 0 saturated carbocycles. The first-order valence-electron chi connectivity index (χ1n) is 4.99. The van der Waals surface area contributed by atoms with Crippen LogP contribution in [-0.2, 0) is 0 Å². The molecule has 2 aliphatic heterocycles. The SMILES string of the molecule is C1=CS(=C2C=CC(=S3C=CSC3)C=C2)CS1. The first-order valence-corrected chi connectivity index (χ1v) is 10.0. The Morgan fingerprint density at radius 3 is 1.50 bits per heavy atom. The van der Waals surface area contributed by atoms with Crippen LogP contribution in [0.4, 0.5) is 0 Å². The fraction of sp³-hybridized carbons (Fsp3) is 0.167. The van der Waals surface area contributed by atoms with Gasteiger partial charge >= 0.3 is 0 Å². The largest absolute Gasteiger partial charge is 0.144 e.